The third kappa shape index (κ3) is 6.28. The number of aromatic amines is 1. The predicted molar refractivity (Wildman–Crippen MR) is 170 cm³/mol. The van der Waals surface area contributed by atoms with Crippen LogP contribution in [0.5, 0.6) is 5.88 Å². The average Bonchev–Trinajstić information content (AvgIpc) is 3.82. The SMILES string of the molecule is CSc1nc2c(F)c(Cl)nc(OC[C@@H](NCCO[Si](c3ccccc3)(c3ccccc3)C(C)(C)C)C3CC3)c2c(=O)[nH]1. The van der Waals surface area contributed by atoms with Crippen LogP contribution in [0.4, 0.5) is 4.39 Å². The molecule has 1 fully saturated rings. The first-order valence-corrected chi connectivity index (χ1v) is 17.6. The molecule has 2 heterocycles. The Kier molecular flexibility index (Phi) is 9.39. The van der Waals surface area contributed by atoms with Gasteiger partial charge in [-0.3, -0.25) is 4.79 Å². The molecule has 1 atom stereocenters. The number of nitrogens with zero attached hydrogens (tertiary/aromatic N) is 2. The van der Waals surface area contributed by atoms with E-state index >= 15 is 0 Å². The monoisotopic (exact) mass is 626 g/mol. The van der Waals surface area contributed by atoms with Crippen molar-refractivity contribution in [1.82, 2.24) is 20.3 Å². The van der Waals surface area contributed by atoms with Crippen LogP contribution >= 0.6 is 23.4 Å². The summed E-state index contributed by atoms with van der Waals surface area (Å²) in [6.07, 6.45) is 3.90. The second-order valence-electron chi connectivity index (χ2n) is 11.5. The molecule has 0 aliphatic heterocycles. The fourth-order valence-corrected chi connectivity index (χ4v) is 10.6. The Morgan fingerprint density at radius 3 is 2.26 bits per heavy atom. The maximum atomic E-state index is 14.7. The van der Waals surface area contributed by atoms with E-state index in [1.165, 1.54) is 22.1 Å². The summed E-state index contributed by atoms with van der Waals surface area (Å²) in [7, 11) is -2.64. The van der Waals surface area contributed by atoms with Gasteiger partial charge in [-0.25, -0.2) is 9.37 Å². The minimum atomic E-state index is -2.64. The van der Waals surface area contributed by atoms with E-state index in [2.05, 4.69) is 89.6 Å². The van der Waals surface area contributed by atoms with Crippen molar-refractivity contribution in [2.24, 2.45) is 5.92 Å². The zero-order valence-electron chi connectivity index (χ0n) is 24.2. The molecule has 1 aliphatic rings. The van der Waals surface area contributed by atoms with Crippen molar-refractivity contribution >= 4 is 53.0 Å². The number of aromatic nitrogens is 3. The van der Waals surface area contributed by atoms with Crippen LogP contribution < -0.4 is 26.0 Å². The number of hydrogen-bond acceptors (Lipinski definition) is 7. The highest BCUT2D eigenvalue weighted by molar-refractivity contribution is 7.98. The largest absolute Gasteiger partial charge is 0.475 e. The molecule has 2 aromatic heterocycles. The summed E-state index contributed by atoms with van der Waals surface area (Å²) in [5.41, 5.74) is -0.662. The quantitative estimate of drug-likeness (QED) is 0.0739. The van der Waals surface area contributed by atoms with E-state index in [0.717, 1.165) is 12.8 Å². The molecule has 1 saturated carbocycles. The van der Waals surface area contributed by atoms with Gasteiger partial charge >= 0.3 is 0 Å². The van der Waals surface area contributed by atoms with Crippen molar-refractivity contribution in [3.63, 3.8) is 0 Å². The summed E-state index contributed by atoms with van der Waals surface area (Å²) in [6.45, 7) is 8.16. The standard InChI is InChI=1S/C31H36ClFN4O3SSi/c1-31(2,3)42(21-11-7-5-8-12-21,22-13-9-6-10-14-22)40-18-17-34-23(20-15-16-20)19-39-29-24-26(25(33)27(32)36-29)35-30(41-4)37-28(24)38/h5-14,20,23,34H,15-19H2,1-4H3,(H,35,37,38)/t23-/m1/s1. The van der Waals surface area contributed by atoms with E-state index in [1.807, 2.05) is 12.1 Å². The van der Waals surface area contributed by atoms with Crippen molar-refractivity contribution in [1.29, 1.82) is 0 Å². The number of thioether (sulfide) groups is 1. The van der Waals surface area contributed by atoms with E-state index in [4.69, 9.17) is 20.8 Å². The molecule has 5 rings (SSSR count). The number of fused-ring (bicyclic) bond motifs is 1. The molecule has 1 aliphatic carbocycles. The van der Waals surface area contributed by atoms with E-state index in [9.17, 15) is 9.18 Å². The molecule has 222 valence electrons. The van der Waals surface area contributed by atoms with Crippen LogP contribution in [0.3, 0.4) is 0 Å². The van der Waals surface area contributed by atoms with Gasteiger partial charge in [0.05, 0.1) is 0 Å². The number of benzene rings is 2. The first-order valence-electron chi connectivity index (χ1n) is 14.1. The van der Waals surface area contributed by atoms with Crippen LogP contribution in [0, 0.1) is 11.7 Å². The molecule has 4 aromatic rings. The number of pyridine rings is 1. The van der Waals surface area contributed by atoms with Gasteiger partial charge in [-0.05, 0) is 40.4 Å². The molecule has 11 heteroatoms. The molecule has 0 amide bonds. The summed E-state index contributed by atoms with van der Waals surface area (Å²) in [4.78, 5) is 23.7. The Hall–Kier alpha value is -2.76. The molecular formula is C31H36ClFN4O3SSi. The van der Waals surface area contributed by atoms with Crippen molar-refractivity contribution < 1.29 is 13.6 Å². The van der Waals surface area contributed by atoms with Gasteiger partial charge < -0.3 is 19.5 Å². The maximum Gasteiger partial charge on any atom is 0.265 e. The second kappa shape index (κ2) is 12.8. The normalized spacial score (nSPS) is 14.7. The minimum Gasteiger partial charge on any atom is -0.475 e. The number of hydrogen-bond donors (Lipinski definition) is 2. The zero-order valence-corrected chi connectivity index (χ0v) is 26.8. The topological polar surface area (TPSA) is 89.1 Å². The Balaban J connectivity index is 1.32. The fourth-order valence-electron chi connectivity index (χ4n) is 5.54. The average molecular weight is 627 g/mol. The highest BCUT2D eigenvalue weighted by atomic mass is 35.5. The Morgan fingerprint density at radius 2 is 1.71 bits per heavy atom. The van der Waals surface area contributed by atoms with Crippen molar-refractivity contribution in [3.05, 3.63) is 82.0 Å². The zero-order chi connectivity index (χ0) is 29.9. The molecule has 0 radical (unpaired) electrons. The van der Waals surface area contributed by atoms with Crippen LogP contribution in [-0.4, -0.2) is 55.3 Å². The van der Waals surface area contributed by atoms with Crippen LogP contribution in [-0.2, 0) is 4.43 Å². The molecule has 42 heavy (non-hydrogen) atoms. The van der Waals surface area contributed by atoms with Gasteiger partial charge in [0.2, 0.25) is 5.88 Å². The summed E-state index contributed by atoms with van der Waals surface area (Å²) >= 11 is 7.26. The lowest BCUT2D eigenvalue weighted by Crippen LogP contribution is -2.67. The van der Waals surface area contributed by atoms with E-state index in [0.29, 0.717) is 19.1 Å². The van der Waals surface area contributed by atoms with Crippen molar-refractivity contribution in [2.45, 2.75) is 49.8 Å². The predicted octanol–water partition coefficient (Wildman–Crippen LogP) is 5.16. The smallest absolute Gasteiger partial charge is 0.265 e. The molecule has 7 nitrogen and oxygen atoms in total. The Morgan fingerprint density at radius 1 is 1.10 bits per heavy atom. The highest BCUT2D eigenvalue weighted by Crippen LogP contribution is 2.37. The van der Waals surface area contributed by atoms with Gasteiger partial charge in [-0.15, -0.1) is 0 Å². The lowest BCUT2D eigenvalue weighted by Gasteiger charge is -2.43. The third-order valence-electron chi connectivity index (χ3n) is 7.73. The number of H-pyrrole nitrogens is 1. The first kappa shape index (κ1) is 30.7. The summed E-state index contributed by atoms with van der Waals surface area (Å²) < 4.78 is 27.8. The Labute approximate surface area is 255 Å². The van der Waals surface area contributed by atoms with Gasteiger partial charge in [0, 0.05) is 19.2 Å². The fraction of sp³-hybridized carbons (Fsp3) is 0.387. The van der Waals surface area contributed by atoms with Crippen molar-refractivity contribution in [2.75, 3.05) is 26.0 Å². The maximum absolute atomic E-state index is 14.7. The van der Waals surface area contributed by atoms with Crippen molar-refractivity contribution in [3.8, 4) is 5.88 Å². The number of nitrogens with one attached hydrogen (secondary N) is 2. The van der Waals surface area contributed by atoms with Crippen LogP contribution in [0.25, 0.3) is 10.9 Å². The molecule has 0 saturated heterocycles. The highest BCUT2D eigenvalue weighted by Gasteiger charge is 2.50. The second-order valence-corrected chi connectivity index (χ2v) is 17.0. The number of halogens is 2. The van der Waals surface area contributed by atoms with E-state index in [-0.39, 0.29) is 44.8 Å². The van der Waals surface area contributed by atoms with E-state index < -0.39 is 19.7 Å². The lowest BCUT2D eigenvalue weighted by molar-refractivity contribution is 0.227. The number of ether oxygens (including phenoxy) is 1. The first-order chi connectivity index (χ1) is 20.2. The summed E-state index contributed by atoms with van der Waals surface area (Å²) in [5, 5.41) is 5.85. The molecule has 0 unspecified atom stereocenters. The van der Waals surface area contributed by atoms with Crippen LogP contribution in [0.2, 0.25) is 10.2 Å². The van der Waals surface area contributed by atoms with Gasteiger partial charge in [0.15, 0.2) is 16.1 Å². The number of rotatable bonds is 12. The third-order valence-corrected chi connectivity index (χ3v) is 13.6. The van der Waals surface area contributed by atoms with Gasteiger partial charge in [0.1, 0.15) is 17.5 Å². The molecule has 2 N–H and O–H groups in total. The van der Waals surface area contributed by atoms with Gasteiger partial charge in [-0.2, -0.15) is 4.98 Å². The lowest BCUT2D eigenvalue weighted by atomic mass is 10.2. The summed E-state index contributed by atoms with van der Waals surface area (Å²) in [6, 6.07) is 21.1. The molecule has 2 aromatic carbocycles. The van der Waals surface area contributed by atoms with Gasteiger partial charge in [0.25, 0.3) is 13.9 Å². The minimum absolute atomic E-state index is 0.00550. The van der Waals surface area contributed by atoms with Crippen LogP contribution in [0.15, 0.2) is 70.6 Å². The van der Waals surface area contributed by atoms with Gasteiger partial charge in [-0.1, -0.05) is 105 Å². The molecule has 0 spiro atoms. The Bertz CT molecular complexity index is 1540. The van der Waals surface area contributed by atoms with Crippen LogP contribution in [0.1, 0.15) is 33.6 Å². The molecular weight excluding hydrogens is 591 g/mol. The van der Waals surface area contributed by atoms with E-state index in [1.54, 1.807) is 6.26 Å². The summed E-state index contributed by atoms with van der Waals surface area (Å²) in [5.74, 6) is -0.425. The molecule has 0 bridgehead atoms.